The molecule has 176 valence electrons. The number of ether oxygens (including phenoxy) is 1. The Labute approximate surface area is 207 Å². The third-order valence-corrected chi connectivity index (χ3v) is 7.34. The van der Waals surface area contributed by atoms with Gasteiger partial charge in [0.1, 0.15) is 18.1 Å². The molecule has 0 aliphatic carbocycles. The second-order valence-corrected chi connectivity index (χ2v) is 10.3. The van der Waals surface area contributed by atoms with Gasteiger partial charge in [-0.3, -0.25) is 4.79 Å². The molecule has 1 amide bonds. The smallest absolute Gasteiger partial charge is 0.268 e. The molecule has 4 aromatic rings. The van der Waals surface area contributed by atoms with Crippen LogP contribution in [-0.2, 0) is 19.6 Å². The number of aliphatic hydroxyl groups excluding tert-OH is 1. The number of thiophene rings is 1. The zero-order valence-corrected chi connectivity index (χ0v) is 20.3. The van der Waals surface area contributed by atoms with Crippen molar-refractivity contribution in [3.8, 4) is 5.75 Å². The van der Waals surface area contributed by atoms with E-state index in [1.165, 1.54) is 15.4 Å². The number of primary amides is 1. The first-order valence-electron chi connectivity index (χ1n) is 11.1. The van der Waals surface area contributed by atoms with Crippen molar-refractivity contribution in [3.63, 3.8) is 0 Å². The Morgan fingerprint density at radius 1 is 1.15 bits per heavy atom. The largest absolute Gasteiger partial charge is 0.489 e. The van der Waals surface area contributed by atoms with Gasteiger partial charge < -0.3 is 20.1 Å². The number of aromatic nitrogens is 2. The van der Waals surface area contributed by atoms with Gasteiger partial charge in [0, 0.05) is 17.6 Å². The number of nitrogens with zero attached hydrogens (tertiary/aromatic N) is 2. The molecule has 0 bridgehead atoms. The molecule has 8 heteroatoms. The minimum Gasteiger partial charge on any atom is -0.489 e. The third-order valence-electron chi connectivity index (χ3n) is 5.29. The summed E-state index contributed by atoms with van der Waals surface area (Å²) in [4.78, 5) is 16.3. The Balaban J connectivity index is 1.25. The van der Waals surface area contributed by atoms with Gasteiger partial charge in [0.15, 0.2) is 0 Å². The summed E-state index contributed by atoms with van der Waals surface area (Å²) in [5.41, 5.74) is 7.67. The lowest BCUT2D eigenvalue weighted by Gasteiger charge is -2.14. The number of rotatable bonds is 12. The van der Waals surface area contributed by atoms with Crippen LogP contribution in [0, 0.1) is 0 Å². The lowest BCUT2D eigenvalue weighted by molar-refractivity contribution is 0.0995. The molecule has 2 aromatic carbocycles. The third kappa shape index (κ3) is 6.96. The number of aryl methyl sites for hydroxylation is 1. The Bertz CT molecular complexity index is 1190. The second kappa shape index (κ2) is 11.9. The summed E-state index contributed by atoms with van der Waals surface area (Å²) in [5.74, 6) is 0.299. The van der Waals surface area contributed by atoms with Gasteiger partial charge in [-0.15, -0.1) is 11.3 Å². The van der Waals surface area contributed by atoms with E-state index < -0.39 is 12.0 Å². The molecule has 4 rings (SSSR count). The minimum atomic E-state index is -0.571. The first-order chi connectivity index (χ1) is 16.6. The molecule has 0 radical (unpaired) electrons. The molecule has 0 fully saturated rings. The summed E-state index contributed by atoms with van der Waals surface area (Å²) in [6, 6.07) is 20.7. The van der Waals surface area contributed by atoms with E-state index in [9.17, 15) is 9.90 Å². The van der Waals surface area contributed by atoms with Crippen LogP contribution in [0.1, 0.15) is 34.5 Å². The van der Waals surface area contributed by atoms with Gasteiger partial charge in [0.05, 0.1) is 16.6 Å². The van der Waals surface area contributed by atoms with E-state index in [4.69, 9.17) is 10.5 Å². The number of nitrogens with two attached hydrogens (primary N) is 1. The molecular weight excluding hydrogens is 466 g/mol. The predicted octanol–water partition coefficient (Wildman–Crippen LogP) is 5.16. The van der Waals surface area contributed by atoms with Crippen LogP contribution in [0.2, 0.25) is 0 Å². The molecule has 0 aliphatic rings. The van der Waals surface area contributed by atoms with Crippen LogP contribution in [0.3, 0.4) is 0 Å². The zero-order chi connectivity index (χ0) is 23.8. The van der Waals surface area contributed by atoms with Crippen LogP contribution in [0.4, 0.5) is 0 Å². The number of hydrogen-bond acceptors (Lipinski definition) is 6. The average molecular weight is 494 g/mol. The van der Waals surface area contributed by atoms with Gasteiger partial charge in [-0.1, -0.05) is 48.2 Å². The number of carbonyl (C=O) groups excluding carboxylic acids is 1. The van der Waals surface area contributed by atoms with Gasteiger partial charge in [-0.2, -0.15) is 0 Å². The lowest BCUT2D eigenvalue weighted by atomic mass is 10.0. The highest BCUT2D eigenvalue weighted by atomic mass is 32.2. The molecule has 0 saturated heterocycles. The number of hydrogen-bond donors (Lipinski definition) is 2. The quantitative estimate of drug-likeness (QED) is 0.285. The highest BCUT2D eigenvalue weighted by Crippen LogP contribution is 2.31. The van der Waals surface area contributed by atoms with Crippen molar-refractivity contribution in [1.82, 2.24) is 9.55 Å². The lowest BCUT2D eigenvalue weighted by Crippen LogP contribution is -2.15. The second-order valence-electron chi connectivity index (χ2n) is 7.94. The summed E-state index contributed by atoms with van der Waals surface area (Å²) >= 11 is 3.51. The maximum absolute atomic E-state index is 11.1. The standard InChI is InChI=1S/C26H27N3O3S2/c27-26(31)23-16-29(18-28-23)15-21(30)7-3-6-20-5-1-2-8-24(20)32-17-19-10-12-22(13-11-19)34-25-9-4-14-33-25/h1-2,4-5,8-14,16,18,21,30H,3,6-7,15,17H2,(H2,27,31). The average Bonchev–Trinajstić information content (AvgIpc) is 3.52. The maximum atomic E-state index is 11.1. The monoisotopic (exact) mass is 493 g/mol. The van der Waals surface area contributed by atoms with Gasteiger partial charge in [0.2, 0.25) is 0 Å². The van der Waals surface area contributed by atoms with Crippen LogP contribution >= 0.6 is 23.1 Å². The van der Waals surface area contributed by atoms with E-state index in [0.29, 0.717) is 19.6 Å². The number of carbonyl (C=O) groups is 1. The molecular formula is C26H27N3O3S2. The Kier molecular flexibility index (Phi) is 8.41. The van der Waals surface area contributed by atoms with Crippen LogP contribution in [0.5, 0.6) is 5.75 Å². The Morgan fingerprint density at radius 2 is 1.97 bits per heavy atom. The summed E-state index contributed by atoms with van der Waals surface area (Å²) in [5, 5.41) is 12.4. The van der Waals surface area contributed by atoms with Crippen LogP contribution in [0.25, 0.3) is 0 Å². The van der Waals surface area contributed by atoms with Gasteiger partial charge in [0.25, 0.3) is 5.91 Å². The van der Waals surface area contributed by atoms with Crippen molar-refractivity contribution in [3.05, 3.63) is 95.4 Å². The van der Waals surface area contributed by atoms with Gasteiger partial charge >= 0.3 is 0 Å². The topological polar surface area (TPSA) is 90.4 Å². The molecule has 2 heterocycles. The van der Waals surface area contributed by atoms with Crippen molar-refractivity contribution in [2.24, 2.45) is 5.73 Å². The molecule has 3 N–H and O–H groups in total. The summed E-state index contributed by atoms with van der Waals surface area (Å²) in [6.07, 6.45) is 4.78. The van der Waals surface area contributed by atoms with Gasteiger partial charge in [-0.05, 0) is 60.0 Å². The molecule has 0 aliphatic heterocycles. The summed E-state index contributed by atoms with van der Waals surface area (Å²) in [7, 11) is 0. The minimum absolute atomic E-state index is 0.203. The van der Waals surface area contributed by atoms with Crippen molar-refractivity contribution in [2.75, 3.05) is 0 Å². The Hall–Kier alpha value is -3.07. The van der Waals surface area contributed by atoms with Gasteiger partial charge in [-0.25, -0.2) is 4.98 Å². The first kappa shape index (κ1) is 24.1. The maximum Gasteiger partial charge on any atom is 0.268 e. The number of benzene rings is 2. The van der Waals surface area contributed by atoms with Crippen molar-refractivity contribution < 1.29 is 14.6 Å². The van der Waals surface area contributed by atoms with E-state index in [-0.39, 0.29) is 5.69 Å². The normalized spacial score (nSPS) is 11.9. The van der Waals surface area contributed by atoms with E-state index >= 15 is 0 Å². The zero-order valence-electron chi connectivity index (χ0n) is 18.7. The van der Waals surface area contributed by atoms with E-state index in [1.807, 2.05) is 18.2 Å². The highest BCUT2D eigenvalue weighted by molar-refractivity contribution is 8.01. The fourth-order valence-corrected chi connectivity index (χ4v) is 5.30. The summed E-state index contributed by atoms with van der Waals surface area (Å²) in [6.45, 7) is 0.881. The molecule has 6 nitrogen and oxygen atoms in total. The van der Waals surface area contributed by atoms with E-state index in [2.05, 4.69) is 52.8 Å². The van der Waals surface area contributed by atoms with Crippen molar-refractivity contribution in [1.29, 1.82) is 0 Å². The predicted molar refractivity (Wildman–Crippen MR) is 135 cm³/mol. The molecule has 1 atom stereocenters. The van der Waals surface area contributed by atoms with E-state index in [0.717, 1.165) is 29.7 Å². The highest BCUT2D eigenvalue weighted by Gasteiger charge is 2.10. The molecule has 0 spiro atoms. The summed E-state index contributed by atoms with van der Waals surface area (Å²) < 4.78 is 9.09. The van der Waals surface area contributed by atoms with E-state index in [1.54, 1.807) is 33.9 Å². The van der Waals surface area contributed by atoms with Crippen molar-refractivity contribution >= 4 is 29.0 Å². The number of imidazole rings is 1. The number of para-hydroxylation sites is 1. The van der Waals surface area contributed by atoms with Crippen LogP contribution < -0.4 is 10.5 Å². The molecule has 1 unspecified atom stereocenters. The molecule has 2 aromatic heterocycles. The fraction of sp³-hybridized carbons (Fsp3) is 0.231. The van der Waals surface area contributed by atoms with Crippen LogP contribution in [0.15, 0.2) is 87.7 Å². The SMILES string of the molecule is NC(=O)c1cn(CC(O)CCCc2ccccc2OCc2ccc(Sc3cccs3)cc2)cn1. The number of aliphatic hydroxyl groups is 1. The molecule has 0 saturated carbocycles. The number of amides is 1. The molecule has 34 heavy (non-hydrogen) atoms. The fourth-order valence-electron chi connectivity index (χ4n) is 3.55. The first-order valence-corrected chi connectivity index (χ1v) is 12.8. The Morgan fingerprint density at radius 3 is 2.71 bits per heavy atom. The van der Waals surface area contributed by atoms with Crippen molar-refractivity contribution in [2.45, 2.75) is 47.6 Å². The van der Waals surface area contributed by atoms with Crippen LogP contribution in [-0.4, -0.2) is 26.7 Å².